The average molecular weight is 321 g/mol. The summed E-state index contributed by atoms with van der Waals surface area (Å²) in [5.74, 6) is 0. The molecule has 0 aliphatic rings. The van der Waals surface area contributed by atoms with Crippen molar-refractivity contribution in [3.05, 3.63) is 29.8 Å². The van der Waals surface area contributed by atoms with Crippen LogP contribution in [0.5, 0.6) is 0 Å². The molecule has 0 heterocycles. The van der Waals surface area contributed by atoms with E-state index in [2.05, 4.69) is 45.0 Å². The fourth-order valence-electron chi connectivity index (χ4n) is 1.14. The Balaban J connectivity index is -0.000000108. The van der Waals surface area contributed by atoms with Crippen LogP contribution in [0.3, 0.4) is 0 Å². The first-order valence-corrected chi connectivity index (χ1v) is 6.85. The van der Waals surface area contributed by atoms with Crippen molar-refractivity contribution in [1.29, 1.82) is 0 Å². The van der Waals surface area contributed by atoms with Crippen molar-refractivity contribution in [2.75, 3.05) is 19.8 Å². The van der Waals surface area contributed by atoms with Crippen LogP contribution in [-0.2, 0) is 28.1 Å². The molecule has 1 aromatic rings. The number of aliphatic hydroxyl groups excluding tert-OH is 3. The maximum absolute atomic E-state index is 7.57. The van der Waals surface area contributed by atoms with E-state index in [9.17, 15) is 0 Å². The van der Waals surface area contributed by atoms with E-state index in [0.717, 1.165) is 0 Å². The van der Waals surface area contributed by atoms with Crippen LogP contribution in [-0.4, -0.2) is 35.1 Å². The van der Waals surface area contributed by atoms with Crippen molar-refractivity contribution in [3.8, 4) is 0 Å². The Morgan fingerprint density at radius 3 is 1.25 bits per heavy atom. The van der Waals surface area contributed by atoms with Gasteiger partial charge in [0, 0.05) is 41.5 Å². The Bertz CT molecular complexity index is 224. The number of aliphatic hydroxyl groups is 3. The number of rotatable bonds is 1. The van der Waals surface area contributed by atoms with Crippen molar-refractivity contribution >= 4 is 0 Å². The van der Waals surface area contributed by atoms with Gasteiger partial charge in [-0.2, -0.15) is 17.7 Å². The zero-order valence-electron chi connectivity index (χ0n) is 14.0. The monoisotopic (exact) mass is 321 g/mol. The predicted octanol–water partition coefficient (Wildman–Crippen LogP) is 2.99. The Labute approximate surface area is 140 Å². The molecule has 20 heavy (non-hydrogen) atoms. The van der Waals surface area contributed by atoms with Crippen LogP contribution in [0.15, 0.2) is 24.3 Å². The van der Waals surface area contributed by atoms with E-state index >= 15 is 0 Å². The fourth-order valence-corrected chi connectivity index (χ4v) is 1.14. The summed E-state index contributed by atoms with van der Waals surface area (Å²) in [7, 11) is 0. The molecule has 0 aliphatic heterocycles. The normalized spacial score (nSPS) is 8.65. The molecule has 0 aliphatic carbocycles. The smallest absolute Gasteiger partial charge is 0.0402 e. The second-order valence-electron chi connectivity index (χ2n) is 4.98. The zero-order valence-corrected chi connectivity index (χ0v) is 15.5. The molecule has 4 heteroatoms. The SMILES string of the molecule is CC(C)(C)C[c-]1cccc1.CCO.CCO.CCO.[Ti]. The summed E-state index contributed by atoms with van der Waals surface area (Å²) in [4.78, 5) is 0. The van der Waals surface area contributed by atoms with E-state index in [1.807, 2.05) is 0 Å². The van der Waals surface area contributed by atoms with Crippen molar-refractivity contribution < 1.29 is 37.0 Å². The van der Waals surface area contributed by atoms with Crippen molar-refractivity contribution in [2.24, 2.45) is 5.41 Å². The molecule has 0 fully saturated rings. The quantitative estimate of drug-likeness (QED) is 0.550. The van der Waals surface area contributed by atoms with Gasteiger partial charge in [0.25, 0.3) is 0 Å². The van der Waals surface area contributed by atoms with E-state index in [1.54, 1.807) is 20.8 Å². The van der Waals surface area contributed by atoms with Gasteiger partial charge < -0.3 is 15.3 Å². The molecule has 1 rings (SSSR count). The molecule has 0 radical (unpaired) electrons. The van der Waals surface area contributed by atoms with E-state index in [0.29, 0.717) is 5.41 Å². The third-order valence-corrected chi connectivity index (χ3v) is 1.47. The minimum absolute atomic E-state index is 0. The first-order valence-electron chi connectivity index (χ1n) is 6.85. The Kier molecular flexibility index (Phi) is 29.9. The fraction of sp³-hybridized carbons (Fsp3) is 0.688. The van der Waals surface area contributed by atoms with Crippen LogP contribution < -0.4 is 0 Å². The van der Waals surface area contributed by atoms with Gasteiger partial charge in [0.05, 0.1) is 0 Å². The molecule has 120 valence electrons. The van der Waals surface area contributed by atoms with Gasteiger partial charge in [0.2, 0.25) is 0 Å². The van der Waals surface area contributed by atoms with Gasteiger partial charge in [0.1, 0.15) is 0 Å². The molecule has 3 N–H and O–H groups in total. The molecule has 0 bridgehead atoms. The van der Waals surface area contributed by atoms with Crippen LogP contribution in [0, 0.1) is 5.41 Å². The van der Waals surface area contributed by atoms with Crippen LogP contribution in [0.25, 0.3) is 0 Å². The summed E-state index contributed by atoms with van der Waals surface area (Å²) in [5, 5.41) is 22.7. The molecule has 0 unspecified atom stereocenters. The minimum Gasteiger partial charge on any atom is -0.397 e. The first-order chi connectivity index (χ1) is 8.82. The number of hydrogen-bond donors (Lipinski definition) is 3. The van der Waals surface area contributed by atoms with Crippen LogP contribution in [0.1, 0.15) is 47.1 Å². The van der Waals surface area contributed by atoms with Crippen molar-refractivity contribution in [3.63, 3.8) is 0 Å². The standard InChI is InChI=1S/C10H15.3C2H6O.Ti/c1-10(2,3)8-9-6-4-5-7-9;3*1-2-3;/h4-7H,8H2,1-3H3;3*3H,2H2,1H3;/q-1;;;;. The van der Waals surface area contributed by atoms with Crippen molar-refractivity contribution in [1.82, 2.24) is 0 Å². The Morgan fingerprint density at radius 2 is 1.05 bits per heavy atom. The van der Waals surface area contributed by atoms with Gasteiger partial charge in [-0.15, -0.1) is 0 Å². The Morgan fingerprint density at radius 1 is 0.800 bits per heavy atom. The average Bonchev–Trinajstić information content (AvgIpc) is 2.71. The van der Waals surface area contributed by atoms with Gasteiger partial charge in [-0.05, 0) is 26.2 Å². The third-order valence-electron chi connectivity index (χ3n) is 1.47. The summed E-state index contributed by atoms with van der Waals surface area (Å²) in [5.41, 5.74) is 1.88. The summed E-state index contributed by atoms with van der Waals surface area (Å²) in [6.45, 7) is 12.6. The predicted molar refractivity (Wildman–Crippen MR) is 83.5 cm³/mol. The third kappa shape index (κ3) is 36.1. The van der Waals surface area contributed by atoms with E-state index in [4.69, 9.17) is 15.3 Å². The molecule has 0 saturated heterocycles. The molecular weight excluding hydrogens is 288 g/mol. The van der Waals surface area contributed by atoms with Crippen LogP contribution in [0.4, 0.5) is 0 Å². The molecule has 0 saturated carbocycles. The van der Waals surface area contributed by atoms with Crippen LogP contribution >= 0.6 is 0 Å². The molecule has 0 amide bonds. The van der Waals surface area contributed by atoms with Gasteiger partial charge in [-0.3, -0.25) is 0 Å². The number of hydrogen-bond acceptors (Lipinski definition) is 3. The summed E-state index contributed by atoms with van der Waals surface area (Å²) in [6.07, 6.45) is 1.18. The van der Waals surface area contributed by atoms with Gasteiger partial charge in [-0.25, -0.2) is 12.1 Å². The molecule has 3 nitrogen and oxygen atoms in total. The van der Waals surface area contributed by atoms with Gasteiger partial charge in [-0.1, -0.05) is 27.2 Å². The Hall–Kier alpha value is -0.0557. The maximum Gasteiger partial charge on any atom is 0.0402 e. The summed E-state index contributed by atoms with van der Waals surface area (Å²) < 4.78 is 0. The molecule has 0 atom stereocenters. The van der Waals surface area contributed by atoms with E-state index < -0.39 is 0 Å². The maximum atomic E-state index is 7.57. The molecule has 1 aromatic carbocycles. The summed E-state index contributed by atoms with van der Waals surface area (Å²) in [6, 6.07) is 8.57. The molecule has 0 aromatic heterocycles. The van der Waals surface area contributed by atoms with E-state index in [-0.39, 0.29) is 41.5 Å². The second-order valence-corrected chi connectivity index (χ2v) is 4.98. The second kappa shape index (κ2) is 21.2. The van der Waals surface area contributed by atoms with Crippen LogP contribution in [0.2, 0.25) is 0 Å². The molecule has 0 spiro atoms. The van der Waals surface area contributed by atoms with E-state index in [1.165, 1.54) is 12.0 Å². The minimum atomic E-state index is 0. The van der Waals surface area contributed by atoms with Gasteiger partial charge >= 0.3 is 0 Å². The topological polar surface area (TPSA) is 60.7 Å². The van der Waals surface area contributed by atoms with Gasteiger partial charge in [0.15, 0.2) is 0 Å². The largest absolute Gasteiger partial charge is 0.397 e. The zero-order chi connectivity index (χ0) is 15.7. The summed E-state index contributed by atoms with van der Waals surface area (Å²) >= 11 is 0. The molecular formula is C16H33O3Ti-. The van der Waals surface area contributed by atoms with Crippen molar-refractivity contribution in [2.45, 2.75) is 48.0 Å². The first kappa shape index (κ1) is 28.2.